The SMILES string of the molecule is C=CCNc1nccc(NCCCC)n1. The number of hydrogen-bond acceptors (Lipinski definition) is 4. The van der Waals surface area contributed by atoms with E-state index in [1.54, 1.807) is 12.3 Å². The van der Waals surface area contributed by atoms with Gasteiger partial charge in [0.15, 0.2) is 0 Å². The Labute approximate surface area is 90.8 Å². The predicted molar refractivity (Wildman–Crippen MR) is 64.1 cm³/mol. The largest absolute Gasteiger partial charge is 0.370 e. The molecule has 0 unspecified atom stereocenters. The molecular formula is C11H18N4. The number of aromatic nitrogens is 2. The van der Waals surface area contributed by atoms with Crippen LogP contribution in [0.4, 0.5) is 11.8 Å². The number of unbranched alkanes of at least 4 members (excludes halogenated alkanes) is 1. The summed E-state index contributed by atoms with van der Waals surface area (Å²) in [5, 5.41) is 6.29. The van der Waals surface area contributed by atoms with Crippen LogP contribution in [-0.2, 0) is 0 Å². The van der Waals surface area contributed by atoms with Crippen LogP contribution in [0.25, 0.3) is 0 Å². The number of nitrogens with one attached hydrogen (secondary N) is 2. The number of nitrogens with zero attached hydrogens (tertiary/aromatic N) is 2. The first-order chi connectivity index (χ1) is 7.36. The molecule has 0 saturated heterocycles. The minimum absolute atomic E-state index is 0.636. The molecule has 2 N–H and O–H groups in total. The molecule has 0 fully saturated rings. The van der Waals surface area contributed by atoms with Gasteiger partial charge in [-0.2, -0.15) is 4.98 Å². The normalized spacial score (nSPS) is 9.67. The minimum Gasteiger partial charge on any atom is -0.370 e. The maximum atomic E-state index is 4.30. The second kappa shape index (κ2) is 6.81. The summed E-state index contributed by atoms with van der Waals surface area (Å²) >= 11 is 0. The summed E-state index contributed by atoms with van der Waals surface area (Å²) in [6.07, 6.45) is 5.85. The lowest BCUT2D eigenvalue weighted by atomic mass is 10.3. The average Bonchev–Trinajstić information content (AvgIpc) is 2.27. The van der Waals surface area contributed by atoms with Crippen molar-refractivity contribution in [2.45, 2.75) is 19.8 Å². The lowest BCUT2D eigenvalue weighted by Crippen LogP contribution is -2.07. The van der Waals surface area contributed by atoms with Gasteiger partial charge in [-0.1, -0.05) is 19.4 Å². The standard InChI is InChI=1S/C11H18N4/c1-3-5-8-12-10-6-9-14-11(15-10)13-7-4-2/h4,6,9H,2-3,5,7-8H2,1H3,(H2,12,13,14,15). The lowest BCUT2D eigenvalue weighted by molar-refractivity contribution is 0.830. The summed E-state index contributed by atoms with van der Waals surface area (Å²) in [6, 6.07) is 1.87. The minimum atomic E-state index is 0.636. The molecule has 0 aromatic carbocycles. The summed E-state index contributed by atoms with van der Waals surface area (Å²) in [7, 11) is 0. The predicted octanol–water partition coefficient (Wildman–Crippen LogP) is 2.29. The van der Waals surface area contributed by atoms with E-state index in [2.05, 4.69) is 34.1 Å². The Morgan fingerprint density at radius 2 is 2.33 bits per heavy atom. The third-order valence-corrected chi connectivity index (χ3v) is 1.90. The molecule has 1 aromatic rings. The van der Waals surface area contributed by atoms with Gasteiger partial charge >= 0.3 is 0 Å². The van der Waals surface area contributed by atoms with Crippen molar-refractivity contribution in [1.82, 2.24) is 9.97 Å². The fraction of sp³-hybridized carbons (Fsp3) is 0.455. The third-order valence-electron chi connectivity index (χ3n) is 1.90. The van der Waals surface area contributed by atoms with E-state index >= 15 is 0 Å². The fourth-order valence-corrected chi connectivity index (χ4v) is 1.10. The molecule has 0 bridgehead atoms. The second-order valence-corrected chi connectivity index (χ2v) is 3.22. The second-order valence-electron chi connectivity index (χ2n) is 3.22. The zero-order valence-electron chi connectivity index (χ0n) is 9.16. The van der Waals surface area contributed by atoms with E-state index in [-0.39, 0.29) is 0 Å². The van der Waals surface area contributed by atoms with Gasteiger partial charge in [0.1, 0.15) is 5.82 Å². The van der Waals surface area contributed by atoms with Crippen LogP contribution in [0, 0.1) is 0 Å². The first kappa shape index (κ1) is 11.5. The molecule has 0 aliphatic carbocycles. The van der Waals surface area contributed by atoms with Gasteiger partial charge in [-0.15, -0.1) is 6.58 Å². The molecule has 0 spiro atoms. The lowest BCUT2D eigenvalue weighted by Gasteiger charge is -2.06. The highest BCUT2D eigenvalue weighted by atomic mass is 15.1. The van der Waals surface area contributed by atoms with Crippen LogP contribution in [-0.4, -0.2) is 23.1 Å². The first-order valence-electron chi connectivity index (χ1n) is 5.28. The van der Waals surface area contributed by atoms with Crippen LogP contribution in [0.15, 0.2) is 24.9 Å². The molecule has 82 valence electrons. The van der Waals surface area contributed by atoms with Crippen LogP contribution in [0.3, 0.4) is 0 Å². The quantitative estimate of drug-likeness (QED) is 0.531. The monoisotopic (exact) mass is 206 g/mol. The van der Waals surface area contributed by atoms with E-state index in [9.17, 15) is 0 Å². The Bertz CT molecular complexity index is 298. The highest BCUT2D eigenvalue weighted by Crippen LogP contribution is 2.05. The van der Waals surface area contributed by atoms with Gasteiger partial charge in [0.05, 0.1) is 0 Å². The summed E-state index contributed by atoms with van der Waals surface area (Å²) in [5.41, 5.74) is 0. The molecule has 1 rings (SSSR count). The molecule has 0 atom stereocenters. The molecule has 0 radical (unpaired) electrons. The molecule has 15 heavy (non-hydrogen) atoms. The Morgan fingerprint density at radius 1 is 1.47 bits per heavy atom. The molecule has 0 aliphatic rings. The van der Waals surface area contributed by atoms with Crippen molar-refractivity contribution < 1.29 is 0 Å². The third kappa shape index (κ3) is 4.44. The molecule has 4 heteroatoms. The molecule has 0 amide bonds. The Kier molecular flexibility index (Phi) is 5.22. The molecule has 4 nitrogen and oxygen atoms in total. The molecule has 0 aliphatic heterocycles. The van der Waals surface area contributed by atoms with E-state index in [4.69, 9.17) is 0 Å². The Balaban J connectivity index is 2.46. The van der Waals surface area contributed by atoms with Crippen LogP contribution in [0.5, 0.6) is 0 Å². The fourth-order valence-electron chi connectivity index (χ4n) is 1.10. The number of hydrogen-bond donors (Lipinski definition) is 2. The summed E-state index contributed by atoms with van der Waals surface area (Å²) in [4.78, 5) is 8.40. The van der Waals surface area contributed by atoms with Crippen LogP contribution in [0.2, 0.25) is 0 Å². The van der Waals surface area contributed by atoms with Crippen molar-refractivity contribution in [2.24, 2.45) is 0 Å². The van der Waals surface area contributed by atoms with Gasteiger partial charge in [-0.3, -0.25) is 0 Å². The first-order valence-corrected chi connectivity index (χ1v) is 5.28. The van der Waals surface area contributed by atoms with Gasteiger partial charge in [0.25, 0.3) is 0 Å². The smallest absolute Gasteiger partial charge is 0.224 e. The maximum Gasteiger partial charge on any atom is 0.224 e. The van der Waals surface area contributed by atoms with E-state index in [0.717, 1.165) is 18.8 Å². The molecule has 1 heterocycles. The number of anilines is 2. The highest BCUT2D eigenvalue weighted by Gasteiger charge is 1.96. The summed E-state index contributed by atoms with van der Waals surface area (Å²) in [6.45, 7) is 7.42. The van der Waals surface area contributed by atoms with Crippen molar-refractivity contribution in [3.8, 4) is 0 Å². The van der Waals surface area contributed by atoms with E-state index in [1.807, 2.05) is 6.07 Å². The van der Waals surface area contributed by atoms with Crippen molar-refractivity contribution in [1.29, 1.82) is 0 Å². The maximum absolute atomic E-state index is 4.30. The van der Waals surface area contributed by atoms with Gasteiger partial charge in [-0.05, 0) is 12.5 Å². The van der Waals surface area contributed by atoms with E-state index in [1.165, 1.54) is 6.42 Å². The van der Waals surface area contributed by atoms with Gasteiger partial charge in [0, 0.05) is 19.3 Å². The van der Waals surface area contributed by atoms with Crippen LogP contribution >= 0.6 is 0 Å². The molecular weight excluding hydrogens is 188 g/mol. The summed E-state index contributed by atoms with van der Waals surface area (Å²) in [5.74, 6) is 1.50. The zero-order chi connectivity index (χ0) is 10.9. The van der Waals surface area contributed by atoms with Crippen LogP contribution in [0.1, 0.15) is 19.8 Å². The van der Waals surface area contributed by atoms with Crippen molar-refractivity contribution >= 4 is 11.8 Å². The van der Waals surface area contributed by atoms with Gasteiger partial charge in [-0.25, -0.2) is 4.98 Å². The Hall–Kier alpha value is -1.58. The molecule has 1 aromatic heterocycles. The van der Waals surface area contributed by atoms with E-state index < -0.39 is 0 Å². The van der Waals surface area contributed by atoms with Crippen LogP contribution < -0.4 is 10.6 Å². The summed E-state index contributed by atoms with van der Waals surface area (Å²) < 4.78 is 0. The topological polar surface area (TPSA) is 49.8 Å². The van der Waals surface area contributed by atoms with Gasteiger partial charge in [0.2, 0.25) is 5.95 Å². The average molecular weight is 206 g/mol. The number of rotatable bonds is 7. The van der Waals surface area contributed by atoms with Crippen molar-refractivity contribution in [2.75, 3.05) is 23.7 Å². The zero-order valence-corrected chi connectivity index (χ0v) is 9.16. The molecule has 0 saturated carbocycles. The van der Waals surface area contributed by atoms with Gasteiger partial charge < -0.3 is 10.6 Å². The highest BCUT2D eigenvalue weighted by molar-refractivity contribution is 5.39. The van der Waals surface area contributed by atoms with E-state index in [0.29, 0.717) is 12.5 Å². The van der Waals surface area contributed by atoms with Crippen molar-refractivity contribution in [3.63, 3.8) is 0 Å². The van der Waals surface area contributed by atoms with Crippen molar-refractivity contribution in [3.05, 3.63) is 24.9 Å². The Morgan fingerprint density at radius 3 is 3.07 bits per heavy atom.